The van der Waals surface area contributed by atoms with E-state index in [1.807, 2.05) is 0 Å². The van der Waals surface area contributed by atoms with Gasteiger partial charge in [0.2, 0.25) is 0 Å². The summed E-state index contributed by atoms with van der Waals surface area (Å²) in [6.07, 6.45) is 18.6. The van der Waals surface area contributed by atoms with Crippen molar-refractivity contribution >= 4 is 0 Å². The average Bonchev–Trinajstić information content (AvgIpc) is 3.23. The lowest BCUT2D eigenvalue weighted by molar-refractivity contribution is -0.115. The molecule has 0 aromatic carbocycles. The van der Waals surface area contributed by atoms with E-state index in [9.17, 15) is 0 Å². The monoisotopic (exact) mass is 426 g/mol. The number of nitriles is 1. The maximum Gasteiger partial charge on any atom is 0.176 e. The van der Waals surface area contributed by atoms with Crippen LogP contribution in [0.5, 0.6) is 0 Å². The lowest BCUT2D eigenvalue weighted by Gasteiger charge is -2.60. The highest BCUT2D eigenvalue weighted by Crippen LogP contribution is 2.70. The Balaban J connectivity index is 1.27. The fourth-order valence-electron chi connectivity index (χ4n) is 10.1. The van der Waals surface area contributed by atoms with Crippen molar-refractivity contribution in [2.75, 3.05) is 6.54 Å². The molecule has 5 rings (SSSR count). The maximum atomic E-state index is 8.76. The molecule has 0 aromatic rings. The van der Waals surface area contributed by atoms with Crippen molar-refractivity contribution in [2.24, 2.45) is 52.3 Å². The van der Waals surface area contributed by atoms with E-state index in [0.717, 1.165) is 49.0 Å². The second kappa shape index (κ2) is 8.23. The van der Waals surface area contributed by atoms with Gasteiger partial charge in [0.25, 0.3) is 0 Å². The van der Waals surface area contributed by atoms with Crippen LogP contribution in [-0.2, 0) is 4.74 Å². The molecule has 5 fully saturated rings. The minimum Gasteiger partial charge on any atom is -0.374 e. The molecule has 1 saturated heterocycles. The summed E-state index contributed by atoms with van der Waals surface area (Å²) in [6.45, 7) is 10.9. The highest BCUT2D eigenvalue weighted by atomic mass is 16.5. The predicted octanol–water partition coefficient (Wildman–Crippen LogP) is 6.54. The Morgan fingerprint density at radius 3 is 2.71 bits per heavy atom. The SMILES string of the molecule is CC(CCC1O[C@@H]2CC3C4CCC5CCCC[C@]5(C)C4CC[C@]3(C)C2[C@@H]1C)CNC#N. The first-order valence-corrected chi connectivity index (χ1v) is 13.7. The molecule has 174 valence electrons. The van der Waals surface area contributed by atoms with Gasteiger partial charge in [-0.15, -0.1) is 0 Å². The Morgan fingerprint density at radius 2 is 1.90 bits per heavy atom. The number of ether oxygens (including phenoxy) is 1. The molecule has 1 aliphatic heterocycles. The quantitative estimate of drug-likeness (QED) is 0.401. The standard InChI is InChI=1S/C28H46N2O/c1-18(16-30-17-29)8-11-24-19(2)26-25(31-24)15-23-21-10-9-20-7-5-6-13-27(20,3)22(21)12-14-28(23,26)4/h18-26,30H,5-16H2,1-4H3/t18?,19-,20?,21?,22?,23?,24?,25-,26?,27+,28+/m1/s1. The molecule has 3 nitrogen and oxygen atoms in total. The van der Waals surface area contributed by atoms with E-state index in [-0.39, 0.29) is 0 Å². The van der Waals surface area contributed by atoms with Crippen molar-refractivity contribution in [2.45, 2.75) is 111 Å². The van der Waals surface area contributed by atoms with Crippen molar-refractivity contribution in [1.82, 2.24) is 5.32 Å². The molecule has 0 radical (unpaired) electrons. The van der Waals surface area contributed by atoms with Crippen molar-refractivity contribution in [3.8, 4) is 6.19 Å². The van der Waals surface area contributed by atoms with Gasteiger partial charge < -0.3 is 10.1 Å². The minimum absolute atomic E-state index is 0.432. The van der Waals surface area contributed by atoms with Crippen LogP contribution in [0.3, 0.4) is 0 Å². The van der Waals surface area contributed by atoms with E-state index in [4.69, 9.17) is 10.00 Å². The van der Waals surface area contributed by atoms with Gasteiger partial charge in [0.05, 0.1) is 12.2 Å². The van der Waals surface area contributed by atoms with E-state index >= 15 is 0 Å². The number of hydrogen-bond donors (Lipinski definition) is 1. The van der Waals surface area contributed by atoms with Crippen LogP contribution in [0.2, 0.25) is 0 Å². The van der Waals surface area contributed by atoms with Gasteiger partial charge in [0.1, 0.15) is 0 Å². The fraction of sp³-hybridized carbons (Fsp3) is 0.964. The molecule has 3 heteroatoms. The lowest BCUT2D eigenvalue weighted by atomic mass is 9.44. The molecule has 4 saturated carbocycles. The molecular weight excluding hydrogens is 380 g/mol. The fourth-order valence-corrected chi connectivity index (χ4v) is 10.1. The zero-order chi connectivity index (χ0) is 21.8. The molecule has 0 amide bonds. The Labute approximate surface area is 191 Å². The van der Waals surface area contributed by atoms with E-state index in [2.05, 4.69) is 39.2 Å². The summed E-state index contributed by atoms with van der Waals surface area (Å²) in [6, 6.07) is 0. The summed E-state index contributed by atoms with van der Waals surface area (Å²) >= 11 is 0. The third-order valence-electron chi connectivity index (χ3n) is 11.6. The minimum atomic E-state index is 0.432. The average molecular weight is 427 g/mol. The molecule has 4 aliphatic carbocycles. The summed E-state index contributed by atoms with van der Waals surface area (Å²) in [5.41, 5.74) is 1.15. The summed E-state index contributed by atoms with van der Waals surface area (Å²) in [5.74, 6) is 5.88. The molecule has 1 heterocycles. The first kappa shape index (κ1) is 22.1. The number of rotatable bonds is 5. The summed E-state index contributed by atoms with van der Waals surface area (Å²) in [4.78, 5) is 0. The number of fused-ring (bicyclic) bond motifs is 7. The molecular formula is C28H46N2O. The van der Waals surface area contributed by atoms with E-state index in [1.54, 1.807) is 0 Å². The zero-order valence-electron chi connectivity index (χ0n) is 20.5. The van der Waals surface area contributed by atoms with Crippen LogP contribution in [-0.4, -0.2) is 18.8 Å². The lowest BCUT2D eigenvalue weighted by Crippen LogP contribution is -2.53. The van der Waals surface area contributed by atoms with Crippen LogP contribution in [0.4, 0.5) is 0 Å². The van der Waals surface area contributed by atoms with Crippen LogP contribution in [0.15, 0.2) is 0 Å². The van der Waals surface area contributed by atoms with Gasteiger partial charge in [-0.1, -0.05) is 40.5 Å². The van der Waals surface area contributed by atoms with Gasteiger partial charge in [0.15, 0.2) is 6.19 Å². The summed E-state index contributed by atoms with van der Waals surface area (Å²) in [5, 5.41) is 11.6. The zero-order valence-corrected chi connectivity index (χ0v) is 20.5. The Kier molecular flexibility index (Phi) is 5.86. The molecule has 0 bridgehead atoms. The van der Waals surface area contributed by atoms with Crippen molar-refractivity contribution in [3.05, 3.63) is 0 Å². The smallest absolute Gasteiger partial charge is 0.176 e. The third kappa shape index (κ3) is 3.46. The molecule has 1 N–H and O–H groups in total. The van der Waals surface area contributed by atoms with Crippen LogP contribution in [0, 0.1) is 63.7 Å². The molecule has 31 heavy (non-hydrogen) atoms. The first-order chi connectivity index (χ1) is 14.9. The maximum absolute atomic E-state index is 8.76. The van der Waals surface area contributed by atoms with Gasteiger partial charge in [0, 0.05) is 6.54 Å². The first-order valence-electron chi connectivity index (χ1n) is 13.7. The Hall–Kier alpha value is -0.750. The molecule has 11 atom stereocenters. The van der Waals surface area contributed by atoms with E-state index in [1.165, 1.54) is 57.8 Å². The van der Waals surface area contributed by atoms with Crippen molar-refractivity contribution in [3.63, 3.8) is 0 Å². The summed E-state index contributed by atoms with van der Waals surface area (Å²) in [7, 11) is 0. The topological polar surface area (TPSA) is 45.0 Å². The number of hydrogen-bond acceptors (Lipinski definition) is 3. The van der Waals surface area contributed by atoms with Gasteiger partial charge in [-0.25, -0.2) is 0 Å². The molecule has 0 aromatic heterocycles. The second-order valence-electron chi connectivity index (χ2n) is 13.0. The molecule has 7 unspecified atom stereocenters. The van der Waals surface area contributed by atoms with Gasteiger partial charge in [-0.05, 0) is 110 Å². The highest BCUT2D eigenvalue weighted by molar-refractivity contribution is 5.13. The third-order valence-corrected chi connectivity index (χ3v) is 11.6. The van der Waals surface area contributed by atoms with Gasteiger partial charge in [-0.2, -0.15) is 5.26 Å². The van der Waals surface area contributed by atoms with Crippen LogP contribution < -0.4 is 5.32 Å². The second-order valence-corrected chi connectivity index (χ2v) is 13.0. The summed E-state index contributed by atoms with van der Waals surface area (Å²) < 4.78 is 6.84. The largest absolute Gasteiger partial charge is 0.374 e. The highest BCUT2D eigenvalue weighted by Gasteiger charge is 2.65. The Bertz CT molecular complexity index is 702. The van der Waals surface area contributed by atoms with E-state index < -0.39 is 0 Å². The van der Waals surface area contributed by atoms with Crippen LogP contribution >= 0.6 is 0 Å². The molecule has 0 spiro atoms. The van der Waals surface area contributed by atoms with Gasteiger partial charge in [-0.3, -0.25) is 0 Å². The predicted molar refractivity (Wildman–Crippen MR) is 125 cm³/mol. The van der Waals surface area contributed by atoms with Crippen LogP contribution in [0.25, 0.3) is 0 Å². The van der Waals surface area contributed by atoms with E-state index in [0.29, 0.717) is 34.9 Å². The Morgan fingerprint density at radius 1 is 1.06 bits per heavy atom. The van der Waals surface area contributed by atoms with Crippen molar-refractivity contribution in [1.29, 1.82) is 5.26 Å². The van der Waals surface area contributed by atoms with Gasteiger partial charge >= 0.3 is 0 Å². The van der Waals surface area contributed by atoms with Crippen LogP contribution in [0.1, 0.15) is 98.3 Å². The normalized spacial score (nSPS) is 51.7. The van der Waals surface area contributed by atoms with Crippen molar-refractivity contribution < 1.29 is 4.74 Å². The number of nitrogens with zero attached hydrogens (tertiary/aromatic N) is 1. The molecule has 5 aliphatic rings. The number of nitrogens with one attached hydrogen (secondary N) is 1.